The van der Waals surface area contributed by atoms with E-state index in [1.165, 1.54) is 57.8 Å². The molecule has 2 nitrogen and oxygen atoms in total. The lowest BCUT2D eigenvalue weighted by atomic mass is 9.42. The van der Waals surface area contributed by atoms with Gasteiger partial charge in [-0.1, -0.05) is 26.7 Å². The molecule has 0 bridgehead atoms. The molecular weight excluding hydrogens is 256 g/mol. The van der Waals surface area contributed by atoms with Gasteiger partial charge in [0.25, 0.3) is 0 Å². The summed E-state index contributed by atoms with van der Waals surface area (Å²) in [6, 6.07) is 0. The Hall–Kier alpha value is -0.370. The molecule has 4 aliphatic carbocycles. The second kappa shape index (κ2) is 4.34. The van der Waals surface area contributed by atoms with Crippen molar-refractivity contribution in [3.05, 3.63) is 0 Å². The Bertz CT molecular complexity index is 472. The van der Waals surface area contributed by atoms with Crippen LogP contribution in [0.5, 0.6) is 0 Å². The summed E-state index contributed by atoms with van der Waals surface area (Å²) in [5.74, 6) is 2.22. The second-order valence-electron chi connectivity index (χ2n) is 9.18. The third-order valence-electron chi connectivity index (χ3n) is 8.56. The van der Waals surface area contributed by atoms with Gasteiger partial charge >= 0.3 is 0 Å². The zero-order valence-electron chi connectivity index (χ0n) is 13.9. The van der Waals surface area contributed by atoms with Gasteiger partial charge in [-0.25, -0.2) is 0 Å². The fraction of sp³-hybridized carbons (Fsp3) is 0.947. The molecule has 6 atom stereocenters. The average Bonchev–Trinajstić information content (AvgIpc) is 2.75. The zero-order chi connectivity index (χ0) is 14.9. The number of rotatable bonds is 0. The summed E-state index contributed by atoms with van der Waals surface area (Å²) in [7, 11) is 0. The van der Waals surface area contributed by atoms with Crippen LogP contribution in [0.3, 0.4) is 0 Å². The summed E-state index contributed by atoms with van der Waals surface area (Å²) in [6.07, 6.45) is 13.0. The Kier molecular flexibility index (Phi) is 2.94. The molecule has 0 aromatic carbocycles. The second-order valence-corrected chi connectivity index (χ2v) is 9.18. The Morgan fingerprint density at radius 1 is 0.952 bits per heavy atom. The van der Waals surface area contributed by atoms with Gasteiger partial charge in [0.15, 0.2) is 0 Å². The van der Waals surface area contributed by atoms with Crippen LogP contribution in [0.25, 0.3) is 0 Å². The Morgan fingerprint density at radius 2 is 1.76 bits per heavy atom. The topological polar surface area (TPSA) is 49.9 Å². The third kappa shape index (κ3) is 1.66. The van der Waals surface area contributed by atoms with Crippen molar-refractivity contribution in [1.82, 2.24) is 0 Å². The first-order valence-corrected chi connectivity index (χ1v) is 9.28. The first kappa shape index (κ1) is 14.2. The molecule has 6 unspecified atom stereocenters. The molecular formula is C19H32N2. The zero-order valence-corrected chi connectivity index (χ0v) is 13.9. The first-order chi connectivity index (χ1) is 9.91. The van der Waals surface area contributed by atoms with E-state index in [2.05, 4.69) is 13.8 Å². The number of nitrogens with two attached hydrogens (primary N) is 1. The molecule has 118 valence electrons. The molecule has 0 heterocycles. The van der Waals surface area contributed by atoms with E-state index in [9.17, 15) is 0 Å². The molecule has 0 aromatic rings. The molecule has 4 fully saturated rings. The van der Waals surface area contributed by atoms with Gasteiger partial charge in [-0.3, -0.25) is 0 Å². The number of nitrogens with one attached hydrogen (secondary N) is 1. The average molecular weight is 288 g/mol. The predicted octanol–water partition coefficient (Wildman–Crippen LogP) is 4.52. The van der Waals surface area contributed by atoms with Gasteiger partial charge in [0, 0.05) is 16.7 Å². The molecule has 4 aliphatic rings. The molecule has 0 amide bonds. The lowest BCUT2D eigenvalue weighted by molar-refractivity contribution is -0.109. The minimum atomic E-state index is 0.0262. The molecule has 4 saturated carbocycles. The minimum Gasteiger partial charge on any atom is -0.325 e. The standard InChI is InChI=1S/C19H32N2/c1-17-10-4-3-5-13(17)8-12-19(21)14-6-7-16(20)18(14,2)11-9-15(17)19/h13-15,20H,3-12,21H2,1-2H3. The van der Waals surface area contributed by atoms with Gasteiger partial charge < -0.3 is 11.1 Å². The monoisotopic (exact) mass is 288 g/mol. The summed E-state index contributed by atoms with van der Waals surface area (Å²) in [6.45, 7) is 4.93. The van der Waals surface area contributed by atoms with Crippen LogP contribution in [0.15, 0.2) is 0 Å². The van der Waals surface area contributed by atoms with Gasteiger partial charge in [-0.2, -0.15) is 0 Å². The van der Waals surface area contributed by atoms with Crippen molar-refractivity contribution in [2.75, 3.05) is 0 Å². The SMILES string of the molecule is CC12CCC3C4(C)CCCCC4CCC3(N)C1CCC2=N. The van der Waals surface area contributed by atoms with E-state index in [0.717, 1.165) is 18.1 Å². The number of fused-ring (bicyclic) bond motifs is 5. The van der Waals surface area contributed by atoms with Crippen molar-refractivity contribution in [1.29, 1.82) is 5.41 Å². The number of hydrogen-bond acceptors (Lipinski definition) is 2. The largest absolute Gasteiger partial charge is 0.325 e. The van der Waals surface area contributed by atoms with E-state index < -0.39 is 0 Å². The van der Waals surface area contributed by atoms with Crippen molar-refractivity contribution in [2.24, 2.45) is 34.3 Å². The molecule has 21 heavy (non-hydrogen) atoms. The summed E-state index contributed by atoms with van der Waals surface area (Å²) in [5.41, 5.74) is 8.85. The van der Waals surface area contributed by atoms with Crippen LogP contribution in [0.4, 0.5) is 0 Å². The highest BCUT2D eigenvalue weighted by atomic mass is 14.9. The molecule has 0 aromatic heterocycles. The van der Waals surface area contributed by atoms with Crippen LogP contribution in [0, 0.1) is 34.0 Å². The van der Waals surface area contributed by atoms with Crippen molar-refractivity contribution in [3.8, 4) is 0 Å². The van der Waals surface area contributed by atoms with Crippen molar-refractivity contribution < 1.29 is 0 Å². The van der Waals surface area contributed by atoms with E-state index in [1.54, 1.807) is 0 Å². The highest BCUT2D eigenvalue weighted by molar-refractivity contribution is 5.90. The first-order valence-electron chi connectivity index (χ1n) is 9.28. The molecule has 4 rings (SSSR count). The van der Waals surface area contributed by atoms with Crippen molar-refractivity contribution in [3.63, 3.8) is 0 Å². The third-order valence-corrected chi connectivity index (χ3v) is 8.56. The quantitative estimate of drug-likeness (QED) is 0.676. The lowest BCUT2D eigenvalue weighted by Crippen LogP contribution is -2.67. The van der Waals surface area contributed by atoms with E-state index in [-0.39, 0.29) is 11.0 Å². The molecule has 0 saturated heterocycles. The van der Waals surface area contributed by atoms with E-state index >= 15 is 0 Å². The van der Waals surface area contributed by atoms with Crippen LogP contribution in [0.1, 0.15) is 78.1 Å². The summed E-state index contributed by atoms with van der Waals surface area (Å²) in [5, 5.41) is 8.44. The van der Waals surface area contributed by atoms with Crippen LogP contribution in [-0.2, 0) is 0 Å². The predicted molar refractivity (Wildman–Crippen MR) is 87.5 cm³/mol. The van der Waals surface area contributed by atoms with Gasteiger partial charge in [-0.05, 0) is 74.5 Å². The summed E-state index contributed by atoms with van der Waals surface area (Å²) in [4.78, 5) is 0. The maximum absolute atomic E-state index is 8.44. The highest BCUT2D eigenvalue weighted by Crippen LogP contribution is 2.66. The van der Waals surface area contributed by atoms with Crippen LogP contribution < -0.4 is 5.73 Å². The number of hydrogen-bond donors (Lipinski definition) is 2. The van der Waals surface area contributed by atoms with Gasteiger partial charge in [0.2, 0.25) is 0 Å². The van der Waals surface area contributed by atoms with E-state index in [0.29, 0.717) is 17.3 Å². The highest BCUT2D eigenvalue weighted by Gasteiger charge is 2.64. The normalized spacial score (nSPS) is 56.5. The molecule has 0 spiro atoms. The molecule has 2 heteroatoms. The maximum Gasteiger partial charge on any atom is 0.0225 e. The van der Waals surface area contributed by atoms with E-state index in [1.807, 2.05) is 0 Å². The van der Waals surface area contributed by atoms with Gasteiger partial charge in [0.05, 0.1) is 0 Å². The summed E-state index contributed by atoms with van der Waals surface area (Å²) < 4.78 is 0. The Labute approximate surface area is 129 Å². The van der Waals surface area contributed by atoms with Gasteiger partial charge in [0.1, 0.15) is 0 Å². The Balaban J connectivity index is 1.73. The maximum atomic E-state index is 8.44. The van der Waals surface area contributed by atoms with Crippen molar-refractivity contribution in [2.45, 2.75) is 83.6 Å². The van der Waals surface area contributed by atoms with Gasteiger partial charge in [-0.15, -0.1) is 0 Å². The van der Waals surface area contributed by atoms with Crippen molar-refractivity contribution >= 4 is 5.71 Å². The summed E-state index contributed by atoms with van der Waals surface area (Å²) >= 11 is 0. The lowest BCUT2D eigenvalue weighted by Gasteiger charge is -2.64. The molecule has 0 radical (unpaired) electrons. The molecule has 3 N–H and O–H groups in total. The van der Waals surface area contributed by atoms with Crippen LogP contribution >= 0.6 is 0 Å². The fourth-order valence-corrected chi connectivity index (χ4v) is 7.33. The van der Waals surface area contributed by atoms with Crippen LogP contribution in [-0.4, -0.2) is 11.3 Å². The van der Waals surface area contributed by atoms with E-state index in [4.69, 9.17) is 11.1 Å². The van der Waals surface area contributed by atoms with Crippen LogP contribution in [0.2, 0.25) is 0 Å². The Morgan fingerprint density at radius 3 is 2.57 bits per heavy atom. The molecule has 0 aliphatic heterocycles. The minimum absolute atomic E-state index is 0.0262. The fourth-order valence-electron chi connectivity index (χ4n) is 7.33. The smallest absolute Gasteiger partial charge is 0.0225 e.